The van der Waals surface area contributed by atoms with Crippen molar-refractivity contribution in [3.63, 3.8) is 0 Å². The number of hydrogen-bond donors (Lipinski definition) is 2. The number of para-hydroxylation sites is 1. The Kier molecular flexibility index (Phi) is 3.15. The average molecular weight is 303 g/mol. The molecule has 0 fully saturated rings. The molecule has 110 valence electrons. The summed E-state index contributed by atoms with van der Waals surface area (Å²) in [7, 11) is -3.78. The van der Waals surface area contributed by atoms with E-state index in [1.54, 1.807) is 12.1 Å². The Hall–Kier alpha value is -2.05. The first-order valence-corrected chi connectivity index (χ1v) is 8.21. The first-order valence-electron chi connectivity index (χ1n) is 6.67. The minimum atomic E-state index is -3.78. The van der Waals surface area contributed by atoms with Gasteiger partial charge in [0.2, 0.25) is 10.0 Å². The number of nitrogen functional groups attached to an aromatic ring is 1. The molecular weight excluding hydrogens is 286 g/mol. The molecule has 1 atom stereocenters. The van der Waals surface area contributed by atoms with E-state index in [9.17, 15) is 8.42 Å². The summed E-state index contributed by atoms with van der Waals surface area (Å²) in [5.41, 5.74) is 9.29. The van der Waals surface area contributed by atoms with Gasteiger partial charge in [0.05, 0.1) is 4.90 Å². The number of nitrogens with two attached hydrogens (primary N) is 2. The maximum absolute atomic E-state index is 11.6. The van der Waals surface area contributed by atoms with Gasteiger partial charge in [-0.3, -0.25) is 0 Å². The number of fused-ring (bicyclic) bond motifs is 1. The van der Waals surface area contributed by atoms with E-state index in [4.69, 9.17) is 10.9 Å². The Morgan fingerprint density at radius 2 is 1.90 bits per heavy atom. The van der Waals surface area contributed by atoms with Crippen LogP contribution in [0.2, 0.25) is 0 Å². The number of sulfonamides is 1. The molecule has 2 aromatic carbocycles. The highest BCUT2D eigenvalue weighted by Gasteiger charge is 2.27. The summed E-state index contributed by atoms with van der Waals surface area (Å²) in [5, 5.41) is 5.22. The monoisotopic (exact) mass is 303 g/mol. The SMILES string of the molecule is CC1Cc2ccccc2N1c1cc(N)cc(S(N)(=O)=O)c1. The van der Waals surface area contributed by atoms with E-state index >= 15 is 0 Å². The number of rotatable bonds is 2. The minimum Gasteiger partial charge on any atom is -0.399 e. The first kappa shape index (κ1) is 13.9. The second kappa shape index (κ2) is 4.75. The zero-order valence-electron chi connectivity index (χ0n) is 11.7. The largest absolute Gasteiger partial charge is 0.399 e. The van der Waals surface area contributed by atoms with Gasteiger partial charge in [0.15, 0.2) is 0 Å². The molecule has 6 heteroatoms. The van der Waals surface area contributed by atoms with Gasteiger partial charge in [-0.1, -0.05) is 18.2 Å². The lowest BCUT2D eigenvalue weighted by molar-refractivity contribution is 0.597. The van der Waals surface area contributed by atoms with Crippen molar-refractivity contribution < 1.29 is 8.42 Å². The predicted octanol–water partition coefficient (Wildman–Crippen LogP) is 2.00. The lowest BCUT2D eigenvalue weighted by atomic mass is 10.1. The van der Waals surface area contributed by atoms with E-state index in [1.165, 1.54) is 11.6 Å². The van der Waals surface area contributed by atoms with Crippen LogP contribution in [0, 0.1) is 0 Å². The van der Waals surface area contributed by atoms with Crippen LogP contribution in [0.5, 0.6) is 0 Å². The molecule has 0 saturated heterocycles. The number of nitrogens with zero attached hydrogens (tertiary/aromatic N) is 1. The fraction of sp³-hybridized carbons (Fsp3) is 0.200. The number of anilines is 3. The van der Waals surface area contributed by atoms with Crippen molar-refractivity contribution in [3.05, 3.63) is 48.0 Å². The van der Waals surface area contributed by atoms with E-state index in [-0.39, 0.29) is 10.9 Å². The molecule has 4 N–H and O–H groups in total. The van der Waals surface area contributed by atoms with Crippen molar-refractivity contribution in [3.8, 4) is 0 Å². The molecule has 1 heterocycles. The van der Waals surface area contributed by atoms with Gasteiger partial charge in [-0.25, -0.2) is 13.6 Å². The lowest BCUT2D eigenvalue weighted by Crippen LogP contribution is -2.24. The summed E-state index contributed by atoms with van der Waals surface area (Å²) in [6.07, 6.45) is 0.912. The van der Waals surface area contributed by atoms with E-state index in [1.807, 2.05) is 18.2 Å². The second-order valence-electron chi connectivity index (χ2n) is 5.36. The third-order valence-corrected chi connectivity index (χ3v) is 4.62. The molecule has 1 aliphatic heterocycles. The molecule has 0 saturated carbocycles. The summed E-state index contributed by atoms with van der Waals surface area (Å²) < 4.78 is 23.2. The highest BCUT2D eigenvalue weighted by atomic mass is 32.2. The Balaban J connectivity index is 2.15. The third-order valence-electron chi connectivity index (χ3n) is 3.73. The van der Waals surface area contributed by atoms with Gasteiger partial charge in [-0.15, -0.1) is 0 Å². The van der Waals surface area contributed by atoms with Crippen LogP contribution < -0.4 is 15.8 Å². The van der Waals surface area contributed by atoms with Gasteiger partial charge < -0.3 is 10.6 Å². The molecule has 0 amide bonds. The Labute approximate surface area is 124 Å². The molecular formula is C15H17N3O2S. The van der Waals surface area contributed by atoms with Crippen LogP contribution in [-0.2, 0) is 16.4 Å². The molecule has 1 aliphatic rings. The minimum absolute atomic E-state index is 0.0362. The van der Waals surface area contributed by atoms with Gasteiger partial charge in [0.1, 0.15) is 0 Å². The van der Waals surface area contributed by atoms with E-state index in [0.717, 1.165) is 17.8 Å². The molecule has 2 aromatic rings. The maximum Gasteiger partial charge on any atom is 0.238 e. The van der Waals surface area contributed by atoms with Crippen LogP contribution >= 0.6 is 0 Å². The van der Waals surface area contributed by atoms with Gasteiger partial charge in [0.25, 0.3) is 0 Å². The quantitative estimate of drug-likeness (QED) is 0.830. The van der Waals surface area contributed by atoms with Crippen LogP contribution in [0.1, 0.15) is 12.5 Å². The van der Waals surface area contributed by atoms with E-state index in [2.05, 4.69) is 17.9 Å². The smallest absolute Gasteiger partial charge is 0.238 e. The second-order valence-corrected chi connectivity index (χ2v) is 6.92. The van der Waals surface area contributed by atoms with Gasteiger partial charge >= 0.3 is 0 Å². The molecule has 21 heavy (non-hydrogen) atoms. The van der Waals surface area contributed by atoms with Gasteiger partial charge in [0, 0.05) is 23.1 Å². The van der Waals surface area contributed by atoms with E-state index < -0.39 is 10.0 Å². The van der Waals surface area contributed by atoms with Gasteiger partial charge in [-0.05, 0) is 43.2 Å². The van der Waals surface area contributed by atoms with Crippen molar-refractivity contribution in [2.45, 2.75) is 24.3 Å². The zero-order chi connectivity index (χ0) is 15.2. The highest BCUT2D eigenvalue weighted by Crippen LogP contribution is 2.39. The van der Waals surface area contributed by atoms with Crippen LogP contribution in [0.4, 0.5) is 17.1 Å². The molecule has 1 unspecified atom stereocenters. The summed E-state index contributed by atoms with van der Waals surface area (Å²) >= 11 is 0. The third kappa shape index (κ3) is 2.48. The maximum atomic E-state index is 11.6. The summed E-state index contributed by atoms with van der Waals surface area (Å²) in [6.45, 7) is 2.10. The van der Waals surface area contributed by atoms with E-state index in [0.29, 0.717) is 5.69 Å². The summed E-state index contributed by atoms with van der Waals surface area (Å²) in [4.78, 5) is 2.13. The molecule has 5 nitrogen and oxygen atoms in total. The first-order chi connectivity index (χ1) is 9.86. The van der Waals surface area contributed by atoms with Crippen molar-refractivity contribution >= 4 is 27.1 Å². The molecule has 0 spiro atoms. The number of primary sulfonamides is 1. The van der Waals surface area contributed by atoms with Crippen molar-refractivity contribution in [1.82, 2.24) is 0 Å². The topological polar surface area (TPSA) is 89.4 Å². The highest BCUT2D eigenvalue weighted by molar-refractivity contribution is 7.89. The molecule has 0 aliphatic carbocycles. The Morgan fingerprint density at radius 3 is 2.62 bits per heavy atom. The van der Waals surface area contributed by atoms with Crippen LogP contribution in [0.25, 0.3) is 0 Å². The molecule has 0 radical (unpaired) electrons. The average Bonchev–Trinajstić information content (AvgIpc) is 2.72. The molecule has 3 rings (SSSR count). The van der Waals surface area contributed by atoms with Crippen molar-refractivity contribution in [1.29, 1.82) is 0 Å². The van der Waals surface area contributed by atoms with Gasteiger partial charge in [-0.2, -0.15) is 0 Å². The summed E-state index contributed by atoms with van der Waals surface area (Å²) in [6, 6.07) is 13.0. The Bertz CT molecular complexity index is 802. The lowest BCUT2D eigenvalue weighted by Gasteiger charge is -2.25. The fourth-order valence-corrected chi connectivity index (χ4v) is 3.45. The zero-order valence-corrected chi connectivity index (χ0v) is 12.5. The van der Waals surface area contributed by atoms with Crippen LogP contribution in [-0.4, -0.2) is 14.5 Å². The predicted molar refractivity (Wildman–Crippen MR) is 84.0 cm³/mol. The number of benzene rings is 2. The molecule has 0 bridgehead atoms. The van der Waals surface area contributed by atoms with Crippen molar-refractivity contribution in [2.24, 2.45) is 5.14 Å². The standard InChI is InChI=1S/C15H17N3O2S/c1-10-6-11-4-2-3-5-15(11)18(10)13-7-12(16)8-14(9-13)21(17,19)20/h2-5,7-10H,6,16H2,1H3,(H2,17,19,20). The summed E-state index contributed by atoms with van der Waals surface area (Å²) in [5.74, 6) is 0. The fourth-order valence-electron chi connectivity index (χ4n) is 2.87. The van der Waals surface area contributed by atoms with Crippen molar-refractivity contribution in [2.75, 3.05) is 10.6 Å². The Morgan fingerprint density at radius 1 is 1.19 bits per heavy atom. The van der Waals surface area contributed by atoms with Crippen LogP contribution in [0.3, 0.4) is 0 Å². The van der Waals surface area contributed by atoms with Crippen LogP contribution in [0.15, 0.2) is 47.4 Å². The normalized spacial score (nSPS) is 17.8. The number of hydrogen-bond acceptors (Lipinski definition) is 4. The molecule has 0 aromatic heterocycles.